The van der Waals surface area contributed by atoms with E-state index in [2.05, 4.69) is 24.1 Å². The number of anilines is 1. The van der Waals surface area contributed by atoms with Crippen molar-refractivity contribution < 1.29 is 4.74 Å². The van der Waals surface area contributed by atoms with Crippen molar-refractivity contribution in [1.29, 1.82) is 0 Å². The summed E-state index contributed by atoms with van der Waals surface area (Å²) < 4.78 is 5.83. The number of benzene rings is 1. The standard InChI is InChI=1S/C17H25ClN2O/c1-3-8-21-17-7-4-13(18)10-16(17)19-14-9-12(2)20(11-14)15-5-6-15/h4,7,10,12,14-15,19H,3,5-6,8-9,11H2,1-2H3. The van der Waals surface area contributed by atoms with Crippen LogP contribution in [0.4, 0.5) is 5.69 Å². The molecule has 21 heavy (non-hydrogen) atoms. The molecule has 1 saturated carbocycles. The monoisotopic (exact) mass is 308 g/mol. The summed E-state index contributed by atoms with van der Waals surface area (Å²) in [7, 11) is 0. The van der Waals surface area contributed by atoms with Crippen LogP contribution in [0.25, 0.3) is 0 Å². The summed E-state index contributed by atoms with van der Waals surface area (Å²) in [5, 5.41) is 4.41. The Kier molecular flexibility index (Phi) is 4.60. The molecule has 0 amide bonds. The molecule has 4 heteroatoms. The molecule has 2 atom stereocenters. The Bertz CT molecular complexity index is 490. The highest BCUT2D eigenvalue weighted by molar-refractivity contribution is 6.30. The average Bonchev–Trinajstić information content (AvgIpc) is 3.23. The Labute approximate surface area is 132 Å². The van der Waals surface area contributed by atoms with Gasteiger partial charge in [0.05, 0.1) is 12.3 Å². The van der Waals surface area contributed by atoms with E-state index in [9.17, 15) is 0 Å². The number of nitrogens with one attached hydrogen (secondary N) is 1. The second kappa shape index (κ2) is 6.45. The van der Waals surface area contributed by atoms with Crippen molar-refractivity contribution >= 4 is 17.3 Å². The fourth-order valence-corrected chi connectivity index (χ4v) is 3.42. The van der Waals surface area contributed by atoms with Crippen molar-refractivity contribution in [1.82, 2.24) is 4.90 Å². The van der Waals surface area contributed by atoms with Gasteiger partial charge in [0.25, 0.3) is 0 Å². The van der Waals surface area contributed by atoms with E-state index in [1.165, 1.54) is 19.3 Å². The van der Waals surface area contributed by atoms with Crippen LogP contribution in [0.5, 0.6) is 5.75 Å². The number of hydrogen-bond acceptors (Lipinski definition) is 3. The second-order valence-electron chi connectivity index (χ2n) is 6.34. The van der Waals surface area contributed by atoms with Crippen molar-refractivity contribution in [2.24, 2.45) is 0 Å². The molecule has 1 N–H and O–H groups in total. The van der Waals surface area contributed by atoms with Crippen molar-refractivity contribution in [3.05, 3.63) is 23.2 Å². The van der Waals surface area contributed by atoms with Crippen LogP contribution >= 0.6 is 11.6 Å². The van der Waals surface area contributed by atoms with Gasteiger partial charge in [-0.25, -0.2) is 0 Å². The first-order chi connectivity index (χ1) is 10.2. The predicted octanol–water partition coefficient (Wildman–Crippen LogP) is 4.17. The van der Waals surface area contributed by atoms with Crippen LogP contribution in [0.15, 0.2) is 18.2 Å². The molecule has 2 aliphatic rings. The fraction of sp³-hybridized carbons (Fsp3) is 0.647. The van der Waals surface area contributed by atoms with E-state index in [1.54, 1.807) is 0 Å². The molecular weight excluding hydrogens is 284 g/mol. The van der Waals surface area contributed by atoms with Gasteiger partial charge in [0.1, 0.15) is 5.75 Å². The van der Waals surface area contributed by atoms with Gasteiger partial charge < -0.3 is 10.1 Å². The maximum atomic E-state index is 6.15. The summed E-state index contributed by atoms with van der Waals surface area (Å²) >= 11 is 6.15. The number of rotatable bonds is 6. The molecule has 1 aliphatic heterocycles. The maximum Gasteiger partial charge on any atom is 0.142 e. The third-order valence-corrected chi connectivity index (χ3v) is 4.64. The molecule has 1 aromatic rings. The van der Waals surface area contributed by atoms with Gasteiger partial charge in [-0.15, -0.1) is 0 Å². The Morgan fingerprint density at radius 3 is 2.90 bits per heavy atom. The van der Waals surface area contributed by atoms with E-state index >= 15 is 0 Å². The lowest BCUT2D eigenvalue weighted by Gasteiger charge is -2.20. The van der Waals surface area contributed by atoms with Gasteiger partial charge in [-0.2, -0.15) is 0 Å². The SMILES string of the molecule is CCCOc1ccc(Cl)cc1NC1CC(C)N(C2CC2)C1. The van der Waals surface area contributed by atoms with Crippen molar-refractivity contribution in [3.63, 3.8) is 0 Å². The smallest absolute Gasteiger partial charge is 0.142 e. The fourth-order valence-electron chi connectivity index (χ4n) is 3.25. The molecule has 1 aliphatic carbocycles. The molecule has 0 radical (unpaired) electrons. The third kappa shape index (κ3) is 3.64. The Balaban J connectivity index is 1.67. The number of halogens is 1. The summed E-state index contributed by atoms with van der Waals surface area (Å²) in [6, 6.07) is 7.85. The molecule has 1 saturated heterocycles. The molecular formula is C17H25ClN2O. The van der Waals surface area contributed by atoms with E-state index in [1.807, 2.05) is 18.2 Å². The van der Waals surface area contributed by atoms with E-state index < -0.39 is 0 Å². The predicted molar refractivity (Wildman–Crippen MR) is 88.5 cm³/mol. The summed E-state index contributed by atoms with van der Waals surface area (Å²) in [5.74, 6) is 0.916. The Hall–Kier alpha value is -0.930. The van der Waals surface area contributed by atoms with Crippen LogP contribution in [0, 0.1) is 0 Å². The number of nitrogens with zero attached hydrogens (tertiary/aromatic N) is 1. The lowest BCUT2D eigenvalue weighted by molar-refractivity contribution is 0.257. The molecule has 3 nitrogen and oxygen atoms in total. The van der Waals surface area contributed by atoms with Gasteiger partial charge in [0.15, 0.2) is 0 Å². The minimum atomic E-state index is 0.489. The maximum absolute atomic E-state index is 6.15. The summed E-state index contributed by atoms with van der Waals surface area (Å²) in [5.41, 5.74) is 1.03. The molecule has 3 rings (SSSR count). The topological polar surface area (TPSA) is 24.5 Å². The molecule has 2 fully saturated rings. The van der Waals surface area contributed by atoms with Gasteiger partial charge >= 0.3 is 0 Å². The van der Waals surface area contributed by atoms with Crippen LogP contribution in [0.1, 0.15) is 39.5 Å². The number of likely N-dealkylation sites (tertiary alicyclic amines) is 1. The minimum Gasteiger partial charge on any atom is -0.491 e. The van der Waals surface area contributed by atoms with Crippen molar-refractivity contribution in [2.45, 2.75) is 57.7 Å². The zero-order valence-corrected chi connectivity index (χ0v) is 13.7. The third-order valence-electron chi connectivity index (χ3n) is 4.40. The van der Waals surface area contributed by atoms with Crippen molar-refractivity contribution in [2.75, 3.05) is 18.5 Å². The molecule has 1 heterocycles. The Morgan fingerprint density at radius 2 is 2.19 bits per heavy atom. The normalized spacial score (nSPS) is 26.0. The summed E-state index contributed by atoms with van der Waals surface area (Å²) in [6.45, 7) is 6.33. The molecule has 116 valence electrons. The van der Waals surface area contributed by atoms with Crippen LogP contribution < -0.4 is 10.1 Å². The van der Waals surface area contributed by atoms with Crippen LogP contribution in [0.3, 0.4) is 0 Å². The van der Waals surface area contributed by atoms with Crippen LogP contribution in [-0.4, -0.2) is 36.2 Å². The van der Waals surface area contributed by atoms with Crippen LogP contribution in [-0.2, 0) is 0 Å². The van der Waals surface area contributed by atoms with E-state index in [0.717, 1.165) is 42.1 Å². The molecule has 2 unspecified atom stereocenters. The minimum absolute atomic E-state index is 0.489. The van der Waals surface area contributed by atoms with Crippen LogP contribution in [0.2, 0.25) is 5.02 Å². The van der Waals surface area contributed by atoms with Gasteiger partial charge in [-0.1, -0.05) is 18.5 Å². The zero-order chi connectivity index (χ0) is 14.8. The number of ether oxygens (including phenoxy) is 1. The van der Waals surface area contributed by atoms with Crippen molar-refractivity contribution in [3.8, 4) is 5.75 Å². The molecule has 0 spiro atoms. The van der Waals surface area contributed by atoms with E-state index in [-0.39, 0.29) is 0 Å². The van der Waals surface area contributed by atoms with Gasteiger partial charge in [0, 0.05) is 29.7 Å². The molecule has 0 bridgehead atoms. The largest absolute Gasteiger partial charge is 0.491 e. The Morgan fingerprint density at radius 1 is 1.38 bits per heavy atom. The highest BCUT2D eigenvalue weighted by Crippen LogP contribution is 2.35. The lowest BCUT2D eigenvalue weighted by atomic mass is 10.1. The van der Waals surface area contributed by atoms with Gasteiger partial charge in [0.2, 0.25) is 0 Å². The summed E-state index contributed by atoms with van der Waals surface area (Å²) in [4.78, 5) is 2.65. The quantitative estimate of drug-likeness (QED) is 0.854. The lowest BCUT2D eigenvalue weighted by Crippen LogP contribution is -2.31. The molecule has 0 aromatic heterocycles. The second-order valence-corrected chi connectivity index (χ2v) is 6.78. The van der Waals surface area contributed by atoms with Gasteiger partial charge in [-0.05, 0) is 50.8 Å². The first kappa shape index (κ1) is 15.0. The summed E-state index contributed by atoms with van der Waals surface area (Å²) in [6.07, 6.45) is 4.95. The average molecular weight is 309 g/mol. The number of hydrogen-bond donors (Lipinski definition) is 1. The van der Waals surface area contributed by atoms with E-state index in [4.69, 9.17) is 16.3 Å². The van der Waals surface area contributed by atoms with Gasteiger partial charge in [-0.3, -0.25) is 4.90 Å². The highest BCUT2D eigenvalue weighted by atomic mass is 35.5. The zero-order valence-electron chi connectivity index (χ0n) is 12.9. The first-order valence-corrected chi connectivity index (χ1v) is 8.49. The van der Waals surface area contributed by atoms with E-state index in [0.29, 0.717) is 12.1 Å². The first-order valence-electron chi connectivity index (χ1n) is 8.12. The highest BCUT2D eigenvalue weighted by Gasteiger charge is 2.38. The molecule has 1 aromatic carbocycles.